The van der Waals surface area contributed by atoms with E-state index in [1.54, 1.807) is 0 Å². The normalized spacial score (nSPS) is 22.6. The van der Waals surface area contributed by atoms with Gasteiger partial charge >= 0.3 is 0 Å². The molecule has 25 heavy (non-hydrogen) atoms. The molecule has 0 spiro atoms. The molecule has 2 N–H and O–H groups in total. The van der Waals surface area contributed by atoms with Crippen molar-refractivity contribution in [1.82, 2.24) is 10.3 Å². The monoisotopic (exact) mass is 368 g/mol. The number of rotatable bonds is 0. The Hall–Kier alpha value is -2.62. The molecule has 1 aromatic rings. The van der Waals surface area contributed by atoms with Crippen LogP contribution in [0.1, 0.15) is 6.42 Å². The van der Waals surface area contributed by atoms with Gasteiger partial charge in [0, 0.05) is 33.5 Å². The Balaban J connectivity index is 0.00000157. The third kappa shape index (κ3) is 3.29. The second-order valence-corrected chi connectivity index (χ2v) is 6.20. The molecular weight excluding hydrogens is 352 g/mol. The van der Waals surface area contributed by atoms with E-state index in [9.17, 15) is 0 Å². The fourth-order valence-electron chi connectivity index (χ4n) is 3.20. The summed E-state index contributed by atoms with van der Waals surface area (Å²) in [5.41, 5.74) is 4.96. The van der Waals surface area contributed by atoms with Gasteiger partial charge in [0.1, 0.15) is 0 Å². The standard InChI is InChI=1S/C20H16N4.Fe/c1-2-14-10-16-5-6-18(23-16)12-20-8-7-19(24-20)11-17-4-3-15(22-17)9-13(1)21-14;/h1-7,9-12,20,22,24H,8H2;. The van der Waals surface area contributed by atoms with E-state index in [1.807, 2.05) is 24.3 Å². The van der Waals surface area contributed by atoms with Gasteiger partial charge in [-0.1, -0.05) is 6.08 Å². The van der Waals surface area contributed by atoms with Crippen molar-refractivity contribution in [1.29, 1.82) is 0 Å². The summed E-state index contributed by atoms with van der Waals surface area (Å²) in [7, 11) is 0. The number of hydrogen-bond donors (Lipinski definition) is 2. The predicted molar refractivity (Wildman–Crippen MR) is 97.9 cm³/mol. The summed E-state index contributed by atoms with van der Waals surface area (Å²) in [6, 6.07) is 4.45. The van der Waals surface area contributed by atoms with Crippen LogP contribution in [0.2, 0.25) is 0 Å². The molecule has 0 amide bonds. The summed E-state index contributed by atoms with van der Waals surface area (Å²) in [5.74, 6) is 0. The van der Waals surface area contributed by atoms with Gasteiger partial charge in [-0.2, -0.15) is 0 Å². The molecule has 0 saturated heterocycles. The van der Waals surface area contributed by atoms with E-state index >= 15 is 0 Å². The minimum atomic E-state index is 0. The molecule has 0 aromatic carbocycles. The number of allylic oxidation sites excluding steroid dienone is 6. The Kier molecular flexibility index (Phi) is 4.04. The topological polar surface area (TPSA) is 52.5 Å². The molecule has 0 aliphatic carbocycles. The molecule has 1 aromatic heterocycles. The molecule has 4 aliphatic rings. The first-order chi connectivity index (χ1) is 11.8. The van der Waals surface area contributed by atoms with E-state index in [0.29, 0.717) is 0 Å². The maximum absolute atomic E-state index is 4.66. The SMILES string of the molecule is C1=CC2=NC1=CC1CC=C(C=c3ccc([nH]3)=CC3=NC(=C2)C=C3)N1.[Fe]. The van der Waals surface area contributed by atoms with Crippen LogP contribution in [0.4, 0.5) is 0 Å². The molecule has 124 valence electrons. The van der Waals surface area contributed by atoms with Crippen LogP contribution in [0.5, 0.6) is 0 Å². The van der Waals surface area contributed by atoms with Crippen LogP contribution >= 0.6 is 0 Å². The molecule has 8 bridgehead atoms. The average molecular weight is 368 g/mol. The van der Waals surface area contributed by atoms with Gasteiger partial charge in [0.15, 0.2) is 0 Å². The maximum Gasteiger partial charge on any atom is 0.0659 e. The molecule has 0 radical (unpaired) electrons. The molecule has 1 atom stereocenters. The van der Waals surface area contributed by atoms with Gasteiger partial charge in [0.05, 0.1) is 28.9 Å². The van der Waals surface area contributed by atoms with Crippen molar-refractivity contribution < 1.29 is 17.1 Å². The first kappa shape index (κ1) is 15.9. The van der Waals surface area contributed by atoms with E-state index in [2.05, 4.69) is 62.8 Å². The smallest absolute Gasteiger partial charge is 0.0659 e. The number of nitrogens with one attached hydrogen (secondary N) is 2. The first-order valence-corrected chi connectivity index (χ1v) is 8.12. The van der Waals surface area contributed by atoms with Crippen LogP contribution in [-0.2, 0) is 17.1 Å². The Morgan fingerprint density at radius 3 is 2.44 bits per heavy atom. The van der Waals surface area contributed by atoms with E-state index in [1.165, 1.54) is 0 Å². The average Bonchev–Trinajstić information content (AvgIpc) is 3.32. The van der Waals surface area contributed by atoms with Crippen LogP contribution in [-0.4, -0.2) is 22.4 Å². The molecular formula is C20H16FeN4. The van der Waals surface area contributed by atoms with Gasteiger partial charge in [0.2, 0.25) is 0 Å². The number of nitrogens with zero attached hydrogens (tertiary/aromatic N) is 2. The summed E-state index contributed by atoms with van der Waals surface area (Å²) >= 11 is 0. The van der Waals surface area contributed by atoms with Crippen molar-refractivity contribution in [3.05, 3.63) is 82.5 Å². The molecule has 5 heterocycles. The van der Waals surface area contributed by atoms with E-state index in [-0.39, 0.29) is 23.1 Å². The Labute approximate surface area is 156 Å². The van der Waals surface area contributed by atoms with Crippen molar-refractivity contribution >= 4 is 23.6 Å². The summed E-state index contributed by atoms with van der Waals surface area (Å²) in [6.07, 6.45) is 19.7. The molecule has 1 unspecified atom stereocenters. The number of hydrogen-bond acceptors (Lipinski definition) is 3. The molecule has 4 aliphatic heterocycles. The molecule has 0 fully saturated rings. The zero-order valence-electron chi connectivity index (χ0n) is 13.4. The van der Waals surface area contributed by atoms with Gasteiger partial charge in [-0.15, -0.1) is 0 Å². The quantitative estimate of drug-likeness (QED) is 0.672. The van der Waals surface area contributed by atoms with Crippen molar-refractivity contribution in [2.45, 2.75) is 12.5 Å². The molecule has 5 rings (SSSR count). The largest absolute Gasteiger partial charge is 0.379 e. The maximum atomic E-state index is 4.66. The van der Waals surface area contributed by atoms with Crippen molar-refractivity contribution in [2.24, 2.45) is 9.98 Å². The van der Waals surface area contributed by atoms with Crippen LogP contribution in [0.3, 0.4) is 0 Å². The zero-order valence-corrected chi connectivity index (χ0v) is 14.5. The molecule has 0 saturated carbocycles. The minimum Gasteiger partial charge on any atom is -0.379 e. The second kappa shape index (κ2) is 6.36. The third-order valence-corrected chi connectivity index (χ3v) is 4.32. The summed E-state index contributed by atoms with van der Waals surface area (Å²) in [4.78, 5) is 12.7. The van der Waals surface area contributed by atoms with Gasteiger partial charge in [-0.25, -0.2) is 9.98 Å². The van der Waals surface area contributed by atoms with Gasteiger partial charge in [0.25, 0.3) is 0 Å². The van der Waals surface area contributed by atoms with Crippen molar-refractivity contribution in [2.75, 3.05) is 0 Å². The van der Waals surface area contributed by atoms with E-state index in [4.69, 9.17) is 0 Å². The van der Waals surface area contributed by atoms with Crippen molar-refractivity contribution in [3.8, 4) is 0 Å². The summed E-state index contributed by atoms with van der Waals surface area (Å²) < 4.78 is 0. The molecule has 4 nitrogen and oxygen atoms in total. The van der Waals surface area contributed by atoms with Gasteiger partial charge in [-0.3, -0.25) is 0 Å². The Morgan fingerprint density at radius 2 is 1.56 bits per heavy atom. The van der Waals surface area contributed by atoms with E-state index < -0.39 is 0 Å². The summed E-state index contributed by atoms with van der Waals surface area (Å²) in [5, 5.41) is 5.66. The van der Waals surface area contributed by atoms with E-state index in [0.717, 1.165) is 45.6 Å². The van der Waals surface area contributed by atoms with Gasteiger partial charge < -0.3 is 10.3 Å². The number of aromatic nitrogens is 1. The second-order valence-electron chi connectivity index (χ2n) is 6.20. The van der Waals surface area contributed by atoms with Crippen LogP contribution in [0, 0.1) is 0 Å². The van der Waals surface area contributed by atoms with Crippen molar-refractivity contribution in [3.63, 3.8) is 0 Å². The number of aliphatic imine (C=N–C) groups is 2. The zero-order chi connectivity index (χ0) is 15.9. The Morgan fingerprint density at radius 1 is 0.840 bits per heavy atom. The fraction of sp³-hybridized carbons (Fsp3) is 0.100. The van der Waals surface area contributed by atoms with Crippen LogP contribution < -0.4 is 16.0 Å². The third-order valence-electron chi connectivity index (χ3n) is 4.32. The summed E-state index contributed by atoms with van der Waals surface area (Å²) in [6.45, 7) is 0. The fourth-order valence-corrected chi connectivity index (χ4v) is 3.20. The minimum absolute atomic E-state index is 0. The van der Waals surface area contributed by atoms with Crippen LogP contribution in [0.25, 0.3) is 12.2 Å². The van der Waals surface area contributed by atoms with Crippen LogP contribution in [0.15, 0.2) is 81.7 Å². The first-order valence-electron chi connectivity index (χ1n) is 8.12. The Bertz CT molecular complexity index is 1060. The predicted octanol–water partition coefficient (Wildman–Crippen LogP) is 1.62. The number of fused-ring (bicyclic) bond motifs is 6. The van der Waals surface area contributed by atoms with Gasteiger partial charge in [-0.05, 0) is 67.2 Å². The number of aromatic amines is 1. The number of H-pyrrole nitrogens is 1. The molecule has 5 heteroatoms.